The van der Waals surface area contributed by atoms with Crippen LogP contribution in [0.1, 0.15) is 18.1 Å². The summed E-state index contributed by atoms with van der Waals surface area (Å²) in [5, 5.41) is 7.66. The minimum atomic E-state index is 0.561. The zero-order valence-electron chi connectivity index (χ0n) is 17.2. The van der Waals surface area contributed by atoms with Crippen molar-refractivity contribution < 1.29 is 14.2 Å². The molecular weight excluding hydrogens is 368 g/mol. The smallest absolute Gasteiger partial charge is 0.212 e. The van der Waals surface area contributed by atoms with Gasteiger partial charge in [0.05, 0.1) is 33.6 Å². The Kier molecular flexibility index (Phi) is 6.73. The first-order chi connectivity index (χ1) is 14.2. The molecule has 0 radical (unpaired) electrons. The minimum Gasteiger partial charge on any atom is -0.493 e. The quantitative estimate of drug-likeness (QED) is 0.429. The van der Waals surface area contributed by atoms with E-state index in [9.17, 15) is 0 Å². The molecule has 1 heterocycles. The third-order valence-corrected chi connectivity index (χ3v) is 4.48. The van der Waals surface area contributed by atoms with E-state index >= 15 is 0 Å². The molecule has 0 unspecified atom stereocenters. The lowest BCUT2D eigenvalue weighted by atomic mass is 9.99. The van der Waals surface area contributed by atoms with Crippen LogP contribution in [0.2, 0.25) is 0 Å². The minimum absolute atomic E-state index is 0.561. The molecule has 2 aromatic rings. The van der Waals surface area contributed by atoms with Crippen LogP contribution in [0.4, 0.5) is 0 Å². The summed E-state index contributed by atoms with van der Waals surface area (Å²) in [5.41, 5.74) is 6.74. The Labute approximate surface area is 171 Å². The zero-order chi connectivity index (χ0) is 20.6. The Morgan fingerprint density at radius 2 is 1.76 bits per heavy atom. The molecule has 0 fully saturated rings. The summed E-state index contributed by atoms with van der Waals surface area (Å²) in [6.45, 7) is 3.53. The van der Waals surface area contributed by atoms with Crippen molar-refractivity contribution >= 4 is 23.3 Å². The van der Waals surface area contributed by atoms with Gasteiger partial charge >= 0.3 is 0 Å². The zero-order valence-corrected chi connectivity index (χ0v) is 17.2. The predicted octanol–water partition coefficient (Wildman–Crippen LogP) is 3.18. The second kappa shape index (κ2) is 9.64. The summed E-state index contributed by atoms with van der Waals surface area (Å²) in [5.74, 6) is 2.45. The molecule has 29 heavy (non-hydrogen) atoms. The van der Waals surface area contributed by atoms with Gasteiger partial charge in [-0.3, -0.25) is 0 Å². The maximum absolute atomic E-state index is 5.48. The first-order valence-corrected chi connectivity index (χ1v) is 9.32. The Balaban J connectivity index is 2.04. The summed E-state index contributed by atoms with van der Waals surface area (Å²) in [7, 11) is 4.80. The average molecular weight is 394 g/mol. The van der Waals surface area contributed by atoms with Crippen LogP contribution >= 0.6 is 0 Å². The normalized spacial score (nSPS) is 14.1. The van der Waals surface area contributed by atoms with Crippen molar-refractivity contribution in [1.82, 2.24) is 10.7 Å². The summed E-state index contributed by atoms with van der Waals surface area (Å²) in [6.07, 6.45) is 2.05. The van der Waals surface area contributed by atoms with E-state index in [0.717, 1.165) is 35.5 Å². The van der Waals surface area contributed by atoms with Crippen molar-refractivity contribution in [2.24, 2.45) is 10.1 Å². The number of hydrogen-bond acceptors (Lipinski definition) is 7. The molecule has 0 saturated heterocycles. The van der Waals surface area contributed by atoms with Gasteiger partial charge in [-0.1, -0.05) is 30.3 Å². The van der Waals surface area contributed by atoms with E-state index in [2.05, 4.69) is 20.8 Å². The molecule has 1 aliphatic heterocycles. The van der Waals surface area contributed by atoms with E-state index in [0.29, 0.717) is 23.2 Å². The highest BCUT2D eigenvalue weighted by Gasteiger charge is 2.14. The molecule has 7 heteroatoms. The second-order valence-corrected chi connectivity index (χ2v) is 6.35. The summed E-state index contributed by atoms with van der Waals surface area (Å²) in [6, 6.07) is 13.9. The standard InChI is InChI=1S/C22H26N4O3/c1-15(25-26-22-23-10-11-24-22)18(17-8-6-5-7-9-17)12-16-13-19(27-2)21(29-4)20(14-16)28-3/h5-9,12-14H,10-11H2,1-4H3,(H2,23,24,26)/b18-12+,25-15+. The van der Waals surface area contributed by atoms with Crippen LogP contribution in [0.3, 0.4) is 0 Å². The highest BCUT2D eigenvalue weighted by Crippen LogP contribution is 2.39. The van der Waals surface area contributed by atoms with Crippen molar-refractivity contribution in [2.45, 2.75) is 6.92 Å². The third kappa shape index (κ3) is 4.87. The average Bonchev–Trinajstić information content (AvgIpc) is 3.29. The molecule has 7 nitrogen and oxygen atoms in total. The van der Waals surface area contributed by atoms with Gasteiger partial charge in [-0.2, -0.15) is 5.10 Å². The van der Waals surface area contributed by atoms with Crippen LogP contribution in [0.5, 0.6) is 17.2 Å². The number of hydrazone groups is 1. The van der Waals surface area contributed by atoms with Gasteiger partial charge in [-0.15, -0.1) is 0 Å². The number of nitrogens with zero attached hydrogens (tertiary/aromatic N) is 2. The predicted molar refractivity (Wildman–Crippen MR) is 117 cm³/mol. The fourth-order valence-electron chi connectivity index (χ4n) is 3.04. The first kappa shape index (κ1) is 20.3. The summed E-state index contributed by atoms with van der Waals surface area (Å²) < 4.78 is 16.4. The molecule has 152 valence electrons. The van der Waals surface area contributed by atoms with E-state index in [1.54, 1.807) is 21.3 Å². The molecule has 0 aliphatic carbocycles. The van der Waals surface area contributed by atoms with Gasteiger partial charge in [0.1, 0.15) is 0 Å². The Bertz CT molecular complexity index is 911. The molecule has 0 aromatic heterocycles. The largest absolute Gasteiger partial charge is 0.493 e. The molecule has 3 rings (SSSR count). The van der Waals surface area contributed by atoms with Gasteiger partial charge in [-0.05, 0) is 36.3 Å². The topological polar surface area (TPSA) is 76.5 Å². The van der Waals surface area contributed by atoms with Crippen LogP contribution < -0.4 is 25.0 Å². The number of hydrogen-bond donors (Lipinski definition) is 2. The number of methoxy groups -OCH3 is 3. The van der Waals surface area contributed by atoms with Crippen molar-refractivity contribution in [3.8, 4) is 17.2 Å². The molecule has 0 saturated carbocycles. The molecule has 0 bridgehead atoms. The van der Waals surface area contributed by atoms with Crippen LogP contribution in [-0.4, -0.2) is 46.1 Å². The van der Waals surface area contributed by atoms with E-state index in [4.69, 9.17) is 14.2 Å². The Hall–Kier alpha value is -3.48. The molecule has 2 aromatic carbocycles. The van der Waals surface area contributed by atoms with Gasteiger partial charge in [-0.25, -0.2) is 10.4 Å². The number of nitrogens with one attached hydrogen (secondary N) is 2. The second-order valence-electron chi connectivity index (χ2n) is 6.35. The molecule has 0 spiro atoms. The van der Waals surface area contributed by atoms with Gasteiger partial charge in [0.15, 0.2) is 11.5 Å². The number of aliphatic imine (C=N–C) groups is 1. The van der Waals surface area contributed by atoms with Gasteiger partial charge in [0.2, 0.25) is 11.7 Å². The highest BCUT2D eigenvalue weighted by molar-refractivity contribution is 6.27. The molecule has 0 atom stereocenters. The van der Waals surface area contributed by atoms with Gasteiger partial charge in [0.25, 0.3) is 0 Å². The Morgan fingerprint density at radius 1 is 1.07 bits per heavy atom. The van der Waals surface area contributed by atoms with E-state index in [1.165, 1.54) is 0 Å². The lowest BCUT2D eigenvalue weighted by molar-refractivity contribution is 0.324. The fourth-order valence-corrected chi connectivity index (χ4v) is 3.04. The lowest BCUT2D eigenvalue weighted by Gasteiger charge is -2.14. The van der Waals surface area contributed by atoms with Crippen molar-refractivity contribution in [1.29, 1.82) is 0 Å². The molecule has 0 amide bonds. The fraction of sp³-hybridized carbons (Fsp3) is 0.273. The molecule has 1 aliphatic rings. The monoisotopic (exact) mass is 394 g/mol. The SMILES string of the molecule is COc1cc(/C=C(\C(C)=N\NC2=NCCN2)c2ccccc2)cc(OC)c1OC. The van der Waals surface area contributed by atoms with Crippen LogP contribution in [-0.2, 0) is 0 Å². The number of allylic oxidation sites excluding steroid dienone is 1. The van der Waals surface area contributed by atoms with Crippen molar-refractivity contribution in [3.63, 3.8) is 0 Å². The van der Waals surface area contributed by atoms with Gasteiger partial charge in [0, 0.05) is 12.1 Å². The van der Waals surface area contributed by atoms with E-state index in [1.807, 2.05) is 55.5 Å². The maximum Gasteiger partial charge on any atom is 0.212 e. The summed E-state index contributed by atoms with van der Waals surface area (Å²) >= 11 is 0. The maximum atomic E-state index is 5.48. The van der Waals surface area contributed by atoms with Crippen LogP contribution in [0, 0.1) is 0 Å². The number of ether oxygens (including phenoxy) is 3. The molecule has 2 N–H and O–H groups in total. The highest BCUT2D eigenvalue weighted by atomic mass is 16.5. The molecular formula is C22H26N4O3. The van der Waals surface area contributed by atoms with E-state index < -0.39 is 0 Å². The first-order valence-electron chi connectivity index (χ1n) is 9.32. The van der Waals surface area contributed by atoms with Gasteiger partial charge < -0.3 is 19.5 Å². The number of rotatable bonds is 7. The van der Waals surface area contributed by atoms with E-state index in [-0.39, 0.29) is 0 Å². The van der Waals surface area contributed by atoms with Crippen molar-refractivity contribution in [2.75, 3.05) is 34.4 Å². The van der Waals surface area contributed by atoms with Crippen LogP contribution in [0.25, 0.3) is 11.6 Å². The lowest BCUT2D eigenvalue weighted by Crippen LogP contribution is -2.30. The van der Waals surface area contributed by atoms with Crippen molar-refractivity contribution in [3.05, 3.63) is 53.6 Å². The number of benzene rings is 2. The third-order valence-electron chi connectivity index (χ3n) is 4.48. The van der Waals surface area contributed by atoms with Crippen LogP contribution in [0.15, 0.2) is 52.6 Å². The number of guanidine groups is 1. The Morgan fingerprint density at radius 3 is 2.31 bits per heavy atom. The summed E-state index contributed by atoms with van der Waals surface area (Å²) in [4.78, 5) is 4.31.